The molecule has 0 fully saturated rings. The third-order valence-electron chi connectivity index (χ3n) is 4.18. The minimum Gasteiger partial charge on any atom is -0.298 e. The van der Waals surface area contributed by atoms with Gasteiger partial charge in [0, 0.05) is 22.8 Å². The first kappa shape index (κ1) is 18.9. The van der Waals surface area contributed by atoms with Gasteiger partial charge in [-0.2, -0.15) is 5.10 Å². The molecule has 0 atom stereocenters. The van der Waals surface area contributed by atoms with Gasteiger partial charge in [-0.3, -0.25) is 10.1 Å². The molecule has 3 heterocycles. The molecule has 1 aromatic carbocycles. The molecule has 0 aliphatic heterocycles. The zero-order valence-corrected chi connectivity index (χ0v) is 16.3. The van der Waals surface area contributed by atoms with Gasteiger partial charge < -0.3 is 0 Å². The molecule has 0 aliphatic rings. The Kier molecular flexibility index (Phi) is 4.89. The minimum absolute atomic E-state index is 0.345. The molecule has 4 aromatic rings. The van der Waals surface area contributed by atoms with Gasteiger partial charge in [-0.25, -0.2) is 23.4 Å². The van der Waals surface area contributed by atoms with E-state index in [0.717, 1.165) is 23.5 Å². The Labute approximate surface area is 168 Å². The normalized spacial score (nSPS) is 10.9. The summed E-state index contributed by atoms with van der Waals surface area (Å²) in [6, 6.07) is 8.84. The van der Waals surface area contributed by atoms with Crippen molar-refractivity contribution in [2.24, 2.45) is 0 Å². The van der Waals surface area contributed by atoms with E-state index in [1.165, 1.54) is 23.6 Å². The van der Waals surface area contributed by atoms with E-state index in [9.17, 15) is 13.6 Å². The number of benzene rings is 1. The van der Waals surface area contributed by atoms with E-state index >= 15 is 0 Å². The highest BCUT2D eigenvalue weighted by Crippen LogP contribution is 2.26. The average Bonchev–Trinajstić information content (AvgIpc) is 3.30. The van der Waals surface area contributed by atoms with Gasteiger partial charge in [0.1, 0.15) is 0 Å². The fraction of sp³-hybridized carbons (Fsp3) is 0.100. The Morgan fingerprint density at radius 2 is 1.93 bits per heavy atom. The molecule has 0 saturated heterocycles. The number of hydrogen-bond donors (Lipinski definition) is 1. The van der Waals surface area contributed by atoms with E-state index in [1.54, 1.807) is 22.2 Å². The summed E-state index contributed by atoms with van der Waals surface area (Å²) < 4.78 is 28.2. The first-order valence-corrected chi connectivity index (χ1v) is 9.50. The molecule has 29 heavy (non-hydrogen) atoms. The largest absolute Gasteiger partial charge is 0.298 e. The Balaban J connectivity index is 1.49. The predicted molar refractivity (Wildman–Crippen MR) is 106 cm³/mol. The molecule has 146 valence electrons. The summed E-state index contributed by atoms with van der Waals surface area (Å²) in [6.45, 7) is 3.82. The van der Waals surface area contributed by atoms with Gasteiger partial charge >= 0.3 is 0 Å². The zero-order valence-electron chi connectivity index (χ0n) is 15.5. The third kappa shape index (κ3) is 3.90. The van der Waals surface area contributed by atoms with Crippen molar-refractivity contribution in [3.63, 3.8) is 0 Å². The van der Waals surface area contributed by atoms with Crippen molar-refractivity contribution < 1.29 is 13.6 Å². The van der Waals surface area contributed by atoms with Crippen LogP contribution in [0, 0.1) is 25.5 Å². The van der Waals surface area contributed by atoms with E-state index in [1.807, 2.05) is 19.9 Å². The average molecular weight is 411 g/mol. The number of nitrogens with one attached hydrogen (secondary N) is 1. The smallest absolute Gasteiger partial charge is 0.259 e. The Bertz CT molecular complexity index is 1200. The number of rotatable bonds is 4. The van der Waals surface area contributed by atoms with Gasteiger partial charge in [-0.15, -0.1) is 11.3 Å². The van der Waals surface area contributed by atoms with E-state index in [4.69, 9.17) is 0 Å². The number of anilines is 1. The van der Waals surface area contributed by atoms with Crippen LogP contribution in [0.1, 0.15) is 21.7 Å². The standard InChI is InChI=1S/C20H15F2N5OS/c1-11-7-12(2)27(26-11)18-6-4-14(9-23-18)19(28)25-20-24-17(10-29-20)13-3-5-15(21)16(22)8-13/h3-10H,1-2H3,(H,24,25,28). The second-order valence-corrected chi connectivity index (χ2v) is 7.22. The predicted octanol–water partition coefficient (Wildman–Crippen LogP) is 4.54. The topological polar surface area (TPSA) is 72.7 Å². The summed E-state index contributed by atoms with van der Waals surface area (Å²) in [7, 11) is 0. The second-order valence-electron chi connectivity index (χ2n) is 6.36. The van der Waals surface area contributed by atoms with Crippen molar-refractivity contribution >= 4 is 22.4 Å². The van der Waals surface area contributed by atoms with Crippen LogP contribution in [-0.2, 0) is 0 Å². The summed E-state index contributed by atoms with van der Waals surface area (Å²) in [5.41, 5.74) is 3.06. The fourth-order valence-corrected chi connectivity index (χ4v) is 3.51. The Morgan fingerprint density at radius 3 is 2.59 bits per heavy atom. The van der Waals surface area contributed by atoms with Crippen LogP contribution in [0.15, 0.2) is 48.0 Å². The van der Waals surface area contributed by atoms with Crippen molar-refractivity contribution in [3.8, 4) is 17.1 Å². The molecule has 0 unspecified atom stereocenters. The Hall–Kier alpha value is -3.46. The second kappa shape index (κ2) is 7.51. The molecule has 0 radical (unpaired) electrons. The number of thiazole rings is 1. The summed E-state index contributed by atoms with van der Waals surface area (Å²) in [4.78, 5) is 21.0. The molecule has 9 heteroatoms. The Morgan fingerprint density at radius 1 is 1.10 bits per heavy atom. The van der Waals surface area contributed by atoms with E-state index < -0.39 is 11.6 Å². The van der Waals surface area contributed by atoms with E-state index in [-0.39, 0.29) is 5.91 Å². The molecule has 0 spiro atoms. The van der Waals surface area contributed by atoms with E-state index in [2.05, 4.69) is 20.4 Å². The van der Waals surface area contributed by atoms with Crippen molar-refractivity contribution in [3.05, 3.63) is 76.6 Å². The summed E-state index contributed by atoms with van der Waals surface area (Å²) in [5.74, 6) is -1.63. The number of amides is 1. The molecule has 0 aliphatic carbocycles. The van der Waals surface area contributed by atoms with Crippen molar-refractivity contribution in [1.29, 1.82) is 0 Å². The van der Waals surface area contributed by atoms with Gasteiger partial charge in [0.05, 0.1) is 17.0 Å². The molecule has 0 bridgehead atoms. The van der Waals surface area contributed by atoms with Crippen LogP contribution in [0.3, 0.4) is 0 Å². The maximum absolute atomic E-state index is 13.4. The lowest BCUT2D eigenvalue weighted by atomic mass is 10.2. The monoisotopic (exact) mass is 411 g/mol. The number of hydrogen-bond acceptors (Lipinski definition) is 5. The van der Waals surface area contributed by atoms with Crippen LogP contribution < -0.4 is 5.32 Å². The van der Waals surface area contributed by atoms with Crippen LogP contribution >= 0.6 is 11.3 Å². The van der Waals surface area contributed by atoms with Gasteiger partial charge in [0.2, 0.25) is 0 Å². The molecule has 1 amide bonds. The first-order valence-electron chi connectivity index (χ1n) is 8.63. The highest BCUT2D eigenvalue weighted by molar-refractivity contribution is 7.14. The molecular formula is C20H15F2N5OS. The van der Waals surface area contributed by atoms with Crippen LogP contribution in [0.25, 0.3) is 17.1 Å². The van der Waals surface area contributed by atoms with Crippen molar-refractivity contribution in [2.75, 3.05) is 5.32 Å². The van der Waals surface area contributed by atoms with Gasteiger partial charge in [0.15, 0.2) is 22.6 Å². The number of nitrogens with zero attached hydrogens (tertiary/aromatic N) is 4. The molecule has 0 saturated carbocycles. The number of aryl methyl sites for hydroxylation is 2. The van der Waals surface area contributed by atoms with Gasteiger partial charge in [0.25, 0.3) is 5.91 Å². The number of aromatic nitrogens is 4. The summed E-state index contributed by atoms with van der Waals surface area (Å²) in [5, 5.41) is 9.05. The molecule has 4 rings (SSSR count). The number of carbonyl (C=O) groups is 1. The fourth-order valence-electron chi connectivity index (χ4n) is 2.79. The number of pyridine rings is 1. The number of carbonyl (C=O) groups excluding carboxylic acids is 1. The lowest BCUT2D eigenvalue weighted by Crippen LogP contribution is -2.12. The SMILES string of the molecule is Cc1cc(C)n(-c2ccc(C(=O)Nc3nc(-c4ccc(F)c(F)c4)cs3)cn2)n1. The van der Waals surface area contributed by atoms with Crippen LogP contribution in [0.5, 0.6) is 0 Å². The molecule has 6 nitrogen and oxygen atoms in total. The van der Waals surface area contributed by atoms with Crippen LogP contribution in [0.4, 0.5) is 13.9 Å². The minimum atomic E-state index is -0.949. The summed E-state index contributed by atoms with van der Waals surface area (Å²) >= 11 is 1.19. The first-order chi connectivity index (χ1) is 13.9. The molecule has 1 N–H and O–H groups in total. The highest BCUT2D eigenvalue weighted by Gasteiger charge is 2.13. The van der Waals surface area contributed by atoms with Crippen molar-refractivity contribution in [2.45, 2.75) is 13.8 Å². The van der Waals surface area contributed by atoms with Gasteiger partial charge in [-0.05, 0) is 50.2 Å². The van der Waals surface area contributed by atoms with Crippen molar-refractivity contribution in [1.82, 2.24) is 19.7 Å². The maximum atomic E-state index is 13.4. The number of halogens is 2. The molecular weight excluding hydrogens is 396 g/mol. The summed E-state index contributed by atoms with van der Waals surface area (Å²) in [6.07, 6.45) is 1.46. The lowest BCUT2D eigenvalue weighted by Gasteiger charge is -2.05. The zero-order chi connectivity index (χ0) is 20.5. The van der Waals surface area contributed by atoms with Crippen LogP contribution in [-0.4, -0.2) is 25.7 Å². The molecule has 3 aromatic heterocycles. The van der Waals surface area contributed by atoms with Gasteiger partial charge in [-0.1, -0.05) is 0 Å². The van der Waals surface area contributed by atoms with E-state index in [0.29, 0.717) is 27.8 Å². The van der Waals surface area contributed by atoms with Crippen LogP contribution in [0.2, 0.25) is 0 Å². The quantitative estimate of drug-likeness (QED) is 0.535. The lowest BCUT2D eigenvalue weighted by molar-refractivity contribution is 0.102. The third-order valence-corrected chi connectivity index (χ3v) is 4.93. The highest BCUT2D eigenvalue weighted by atomic mass is 32.1. The maximum Gasteiger partial charge on any atom is 0.259 e.